The average molecular weight is 328 g/mol. The van der Waals surface area contributed by atoms with Crippen molar-refractivity contribution < 1.29 is 9.53 Å². The van der Waals surface area contributed by atoms with Crippen molar-refractivity contribution in [3.8, 4) is 0 Å². The molecule has 0 unspecified atom stereocenters. The molecule has 118 valence electrons. The summed E-state index contributed by atoms with van der Waals surface area (Å²) in [5.41, 5.74) is 6.64. The Morgan fingerprint density at radius 3 is 2.96 bits per heavy atom. The maximum Gasteiger partial charge on any atom is 0.350 e. The second kappa shape index (κ2) is 6.21. The number of thiazole rings is 1. The van der Waals surface area contributed by atoms with Crippen LogP contribution in [-0.4, -0.2) is 29.3 Å². The number of rotatable bonds is 4. The average Bonchev–Trinajstić information content (AvgIpc) is 3.07. The van der Waals surface area contributed by atoms with E-state index in [9.17, 15) is 4.79 Å². The van der Waals surface area contributed by atoms with Gasteiger partial charge in [0, 0.05) is 22.2 Å². The third-order valence-corrected chi connectivity index (χ3v) is 4.51. The molecular formula is C16H16N4O2S. The molecule has 0 aliphatic rings. The van der Waals surface area contributed by atoms with Gasteiger partial charge in [-0.1, -0.05) is 29.5 Å². The normalized spacial score (nSPS) is 11.3. The number of hydrogen-bond donors (Lipinski definition) is 2. The fraction of sp³-hybridized carbons (Fsp3) is 0.188. The molecule has 7 heteroatoms. The molecular weight excluding hydrogens is 312 g/mol. The number of anilines is 1. The number of H-pyrrole nitrogens is 1. The molecule has 0 radical (unpaired) electrons. The smallest absolute Gasteiger partial charge is 0.350 e. The summed E-state index contributed by atoms with van der Waals surface area (Å²) in [6.07, 6.45) is 1.75. The second-order valence-corrected chi connectivity index (χ2v) is 6.00. The van der Waals surface area contributed by atoms with Crippen LogP contribution in [0.1, 0.15) is 26.6 Å². The van der Waals surface area contributed by atoms with Crippen LogP contribution in [0.4, 0.5) is 5.13 Å². The fourth-order valence-electron chi connectivity index (χ4n) is 2.34. The second-order valence-electron chi connectivity index (χ2n) is 5.00. The van der Waals surface area contributed by atoms with Crippen molar-refractivity contribution in [2.24, 2.45) is 5.10 Å². The number of nitrogens with zero attached hydrogens (tertiary/aromatic N) is 2. The van der Waals surface area contributed by atoms with Crippen LogP contribution in [0.15, 0.2) is 29.4 Å². The predicted molar refractivity (Wildman–Crippen MR) is 92.4 cm³/mol. The summed E-state index contributed by atoms with van der Waals surface area (Å²) >= 11 is 1.22. The number of benzene rings is 1. The van der Waals surface area contributed by atoms with Gasteiger partial charge in [-0.05, 0) is 19.9 Å². The van der Waals surface area contributed by atoms with Gasteiger partial charge in [-0.25, -0.2) is 9.78 Å². The van der Waals surface area contributed by atoms with Crippen LogP contribution in [0.5, 0.6) is 0 Å². The van der Waals surface area contributed by atoms with Gasteiger partial charge in [0.2, 0.25) is 5.13 Å². The molecule has 0 saturated heterocycles. The number of esters is 1. The summed E-state index contributed by atoms with van der Waals surface area (Å²) < 4.78 is 4.72. The van der Waals surface area contributed by atoms with E-state index in [0.717, 1.165) is 22.2 Å². The van der Waals surface area contributed by atoms with Crippen LogP contribution >= 0.6 is 11.3 Å². The number of fused-ring (bicyclic) bond motifs is 1. The van der Waals surface area contributed by atoms with E-state index in [0.29, 0.717) is 15.7 Å². The van der Waals surface area contributed by atoms with Crippen molar-refractivity contribution in [3.63, 3.8) is 0 Å². The molecule has 0 saturated carbocycles. The van der Waals surface area contributed by atoms with E-state index >= 15 is 0 Å². The van der Waals surface area contributed by atoms with Gasteiger partial charge in [0.05, 0.1) is 19.0 Å². The third kappa shape index (κ3) is 2.95. The summed E-state index contributed by atoms with van der Waals surface area (Å²) in [5, 5.41) is 5.90. The Hall–Kier alpha value is -2.67. The Bertz CT molecular complexity index is 895. The zero-order valence-electron chi connectivity index (χ0n) is 13.0. The summed E-state index contributed by atoms with van der Waals surface area (Å²) in [7, 11) is 1.35. The van der Waals surface area contributed by atoms with Crippen molar-refractivity contribution in [2.45, 2.75) is 13.8 Å². The number of aromatic nitrogens is 2. The summed E-state index contributed by atoms with van der Waals surface area (Å²) in [5.74, 6) is -0.385. The Balaban J connectivity index is 1.81. The first-order valence-corrected chi connectivity index (χ1v) is 7.84. The lowest BCUT2D eigenvalue weighted by Crippen LogP contribution is -1.99. The highest BCUT2D eigenvalue weighted by molar-refractivity contribution is 7.17. The number of nitrogens with one attached hydrogen (secondary N) is 2. The number of carbonyl (C=O) groups excluding carboxylic acids is 1. The lowest BCUT2D eigenvalue weighted by Gasteiger charge is -1.95. The number of aromatic amines is 1. The van der Waals surface area contributed by atoms with Gasteiger partial charge in [0.25, 0.3) is 0 Å². The molecule has 6 nitrogen and oxygen atoms in total. The number of aryl methyl sites for hydroxylation is 2. The maximum atomic E-state index is 11.6. The first-order chi connectivity index (χ1) is 11.1. The summed E-state index contributed by atoms with van der Waals surface area (Å²) in [6.45, 7) is 3.77. The molecule has 0 spiro atoms. The topological polar surface area (TPSA) is 79.4 Å². The number of methoxy groups -OCH3 is 1. The van der Waals surface area contributed by atoms with Crippen molar-refractivity contribution in [3.05, 3.63) is 46.1 Å². The fourth-order valence-corrected chi connectivity index (χ4v) is 3.18. The molecule has 0 aliphatic heterocycles. The van der Waals surface area contributed by atoms with Crippen LogP contribution in [0, 0.1) is 13.8 Å². The molecule has 2 heterocycles. The number of ether oxygens (including phenoxy) is 1. The van der Waals surface area contributed by atoms with E-state index in [1.54, 1.807) is 13.1 Å². The van der Waals surface area contributed by atoms with E-state index in [-0.39, 0.29) is 5.97 Å². The number of carbonyl (C=O) groups is 1. The SMILES string of the molecule is COC(=O)c1sc(N/N=C\c2c(C)[nH]c3ccccc23)nc1C. The number of para-hydroxylation sites is 1. The van der Waals surface area contributed by atoms with Crippen LogP contribution in [0.3, 0.4) is 0 Å². The number of hydrogen-bond acceptors (Lipinski definition) is 6. The highest BCUT2D eigenvalue weighted by atomic mass is 32.1. The van der Waals surface area contributed by atoms with Gasteiger partial charge in [-0.15, -0.1) is 0 Å². The first kappa shape index (κ1) is 15.2. The monoisotopic (exact) mass is 328 g/mol. The zero-order valence-corrected chi connectivity index (χ0v) is 13.8. The minimum atomic E-state index is -0.385. The predicted octanol–water partition coefficient (Wildman–Crippen LogP) is 3.47. The van der Waals surface area contributed by atoms with Crippen molar-refractivity contribution in [2.75, 3.05) is 12.5 Å². The van der Waals surface area contributed by atoms with E-state index in [1.165, 1.54) is 18.4 Å². The molecule has 23 heavy (non-hydrogen) atoms. The Kier molecular flexibility index (Phi) is 4.12. The largest absolute Gasteiger partial charge is 0.465 e. The molecule has 0 atom stereocenters. The lowest BCUT2D eigenvalue weighted by molar-refractivity contribution is 0.0605. The van der Waals surface area contributed by atoms with Crippen LogP contribution in [0.2, 0.25) is 0 Å². The highest BCUT2D eigenvalue weighted by Crippen LogP contribution is 2.24. The van der Waals surface area contributed by atoms with Crippen LogP contribution < -0.4 is 5.43 Å². The lowest BCUT2D eigenvalue weighted by atomic mass is 10.1. The molecule has 3 aromatic rings. The summed E-state index contributed by atoms with van der Waals surface area (Å²) in [4.78, 5) is 19.6. The van der Waals surface area contributed by atoms with Gasteiger partial charge < -0.3 is 9.72 Å². The van der Waals surface area contributed by atoms with Crippen molar-refractivity contribution >= 4 is 39.6 Å². The zero-order chi connectivity index (χ0) is 16.4. The van der Waals surface area contributed by atoms with Gasteiger partial charge in [0.15, 0.2) is 0 Å². The maximum absolute atomic E-state index is 11.6. The van der Waals surface area contributed by atoms with E-state index in [4.69, 9.17) is 4.74 Å². The molecule has 3 rings (SSSR count). The van der Waals surface area contributed by atoms with Crippen molar-refractivity contribution in [1.29, 1.82) is 0 Å². The minimum absolute atomic E-state index is 0.385. The van der Waals surface area contributed by atoms with Gasteiger partial charge in [0.1, 0.15) is 4.88 Å². The third-order valence-electron chi connectivity index (χ3n) is 3.46. The Labute approximate surface area is 137 Å². The standard InChI is InChI=1S/C16H16N4O2S/c1-9-12(11-6-4-5-7-13(11)18-9)8-17-20-16-19-10(2)14(23-16)15(21)22-3/h4-8,18H,1-3H3,(H,19,20)/b17-8-. The molecule has 0 bridgehead atoms. The quantitative estimate of drug-likeness (QED) is 0.436. The Morgan fingerprint density at radius 2 is 2.17 bits per heavy atom. The first-order valence-electron chi connectivity index (χ1n) is 7.02. The highest BCUT2D eigenvalue weighted by Gasteiger charge is 2.15. The molecule has 2 N–H and O–H groups in total. The Morgan fingerprint density at radius 1 is 1.39 bits per heavy atom. The van der Waals surface area contributed by atoms with Crippen LogP contribution in [0.25, 0.3) is 10.9 Å². The van der Waals surface area contributed by atoms with Crippen molar-refractivity contribution in [1.82, 2.24) is 9.97 Å². The molecule has 1 aromatic carbocycles. The van der Waals surface area contributed by atoms with Crippen LogP contribution in [-0.2, 0) is 4.74 Å². The summed E-state index contributed by atoms with van der Waals surface area (Å²) in [6, 6.07) is 8.06. The molecule has 2 aromatic heterocycles. The van der Waals surface area contributed by atoms with Gasteiger partial charge in [-0.2, -0.15) is 5.10 Å². The minimum Gasteiger partial charge on any atom is -0.465 e. The van der Waals surface area contributed by atoms with E-state index in [1.807, 2.05) is 31.2 Å². The molecule has 0 aliphatic carbocycles. The number of hydrazone groups is 1. The molecule has 0 fully saturated rings. The van der Waals surface area contributed by atoms with E-state index < -0.39 is 0 Å². The van der Waals surface area contributed by atoms with E-state index in [2.05, 4.69) is 20.5 Å². The van der Waals surface area contributed by atoms with Gasteiger partial charge in [-0.3, -0.25) is 5.43 Å². The molecule has 0 amide bonds. The van der Waals surface area contributed by atoms with Gasteiger partial charge >= 0.3 is 5.97 Å².